The molecule has 0 aliphatic carbocycles. The van der Waals surface area contributed by atoms with Crippen LogP contribution in [0.1, 0.15) is 59.8 Å². The summed E-state index contributed by atoms with van der Waals surface area (Å²) in [6, 6.07) is 19.3. The zero-order valence-corrected chi connectivity index (χ0v) is 41.1. The van der Waals surface area contributed by atoms with Crippen molar-refractivity contribution in [3.8, 4) is 16.9 Å². The van der Waals surface area contributed by atoms with Gasteiger partial charge in [0.15, 0.2) is 0 Å². The van der Waals surface area contributed by atoms with E-state index >= 15 is 0 Å². The van der Waals surface area contributed by atoms with E-state index in [9.17, 15) is 26.4 Å². The molecular formula is C42H45BCl2IN6O10S2. The van der Waals surface area contributed by atoms with Crippen molar-refractivity contribution in [2.75, 3.05) is 24.9 Å². The monoisotopic (exact) mass is 1070 g/mol. The average Bonchev–Trinajstić information content (AvgIpc) is 3.90. The molecule has 22 heteroatoms. The molecular weight excluding hydrogens is 1020 g/mol. The van der Waals surface area contributed by atoms with Gasteiger partial charge < -0.3 is 29.8 Å². The first kappa shape index (κ1) is 51.5. The van der Waals surface area contributed by atoms with Crippen LogP contribution in [0.15, 0.2) is 107 Å². The molecule has 0 unspecified atom stereocenters. The van der Waals surface area contributed by atoms with Crippen LogP contribution in [-0.4, -0.2) is 85.7 Å². The molecule has 6 rings (SSSR count). The number of aryl methyl sites for hydroxylation is 2. The molecule has 0 spiro atoms. The Hall–Kier alpha value is -5.13. The lowest BCUT2D eigenvalue weighted by atomic mass is 10.1. The van der Waals surface area contributed by atoms with E-state index in [1.54, 1.807) is 36.5 Å². The number of ether oxygens (including phenoxy) is 2. The van der Waals surface area contributed by atoms with E-state index in [1.165, 1.54) is 49.8 Å². The number of anilines is 2. The second kappa shape index (κ2) is 22.7. The van der Waals surface area contributed by atoms with Gasteiger partial charge in [0, 0.05) is 51.4 Å². The number of hydrogen-bond donors (Lipinski definition) is 3. The van der Waals surface area contributed by atoms with Gasteiger partial charge in [-0.3, -0.25) is 0 Å². The van der Waals surface area contributed by atoms with Crippen molar-refractivity contribution < 1.29 is 45.6 Å². The molecule has 0 aliphatic rings. The van der Waals surface area contributed by atoms with Crippen LogP contribution in [0.3, 0.4) is 0 Å². The zero-order chi connectivity index (χ0) is 47.5. The van der Waals surface area contributed by atoms with Gasteiger partial charge >= 0.3 is 19.6 Å². The van der Waals surface area contributed by atoms with Crippen molar-refractivity contribution in [2.45, 2.75) is 63.4 Å². The van der Waals surface area contributed by atoms with E-state index in [1.807, 2.05) is 33.8 Å². The molecule has 4 aromatic heterocycles. The molecule has 6 aromatic rings. The molecule has 0 atom stereocenters. The van der Waals surface area contributed by atoms with Gasteiger partial charge in [0.05, 0.1) is 40.3 Å². The maximum Gasteiger partial charge on any atom is 0.569 e. The van der Waals surface area contributed by atoms with Crippen LogP contribution < -0.4 is 15.3 Å². The predicted octanol–water partition coefficient (Wildman–Crippen LogP) is 8.24. The first-order valence-electron chi connectivity index (χ1n) is 19.0. The summed E-state index contributed by atoms with van der Waals surface area (Å²) in [6.45, 7) is 11.8. The van der Waals surface area contributed by atoms with Crippen LogP contribution in [0.5, 0.6) is 5.75 Å². The topological polar surface area (TPSA) is 210 Å². The first-order valence-corrected chi connectivity index (χ1v) is 23.7. The number of halogens is 3. The van der Waals surface area contributed by atoms with Crippen LogP contribution in [0.25, 0.3) is 11.1 Å². The molecule has 0 amide bonds. The van der Waals surface area contributed by atoms with E-state index in [0.717, 1.165) is 47.8 Å². The maximum absolute atomic E-state index is 13.2. The van der Waals surface area contributed by atoms with Crippen LogP contribution in [0.2, 0.25) is 10.0 Å². The Morgan fingerprint density at radius 2 is 1.14 bits per heavy atom. The Morgan fingerprint density at radius 1 is 0.703 bits per heavy atom. The normalized spacial score (nSPS) is 11.2. The smallest absolute Gasteiger partial charge is 0.536 e. The highest BCUT2D eigenvalue weighted by molar-refractivity contribution is 14.1. The third kappa shape index (κ3) is 13.2. The number of esters is 2. The van der Waals surface area contributed by atoms with Gasteiger partial charge in [-0.2, -0.15) is 0 Å². The lowest BCUT2D eigenvalue weighted by Gasteiger charge is -2.11. The highest BCUT2D eigenvalue weighted by Crippen LogP contribution is 2.33. The lowest BCUT2D eigenvalue weighted by molar-refractivity contribution is 0.0584. The number of nitrogens with zero attached hydrogens (tertiary/aromatic N) is 4. The van der Waals surface area contributed by atoms with Gasteiger partial charge in [0.25, 0.3) is 20.0 Å². The van der Waals surface area contributed by atoms with E-state index in [4.69, 9.17) is 37.6 Å². The molecule has 0 saturated heterocycles. The Labute approximate surface area is 396 Å². The number of rotatable bonds is 13. The molecule has 4 heterocycles. The molecule has 3 N–H and O–H groups in total. The maximum atomic E-state index is 13.2. The molecule has 1 radical (unpaired) electrons. The zero-order valence-electron chi connectivity index (χ0n) is 35.8. The van der Waals surface area contributed by atoms with Crippen molar-refractivity contribution >= 4 is 97.1 Å². The number of aromatic nitrogens is 4. The summed E-state index contributed by atoms with van der Waals surface area (Å²) in [4.78, 5) is 32.5. The Morgan fingerprint density at radius 3 is 1.58 bits per heavy atom. The van der Waals surface area contributed by atoms with E-state index in [0.29, 0.717) is 40.7 Å². The molecule has 0 aliphatic heterocycles. The van der Waals surface area contributed by atoms with Crippen LogP contribution in [0.4, 0.5) is 11.6 Å². The summed E-state index contributed by atoms with van der Waals surface area (Å²) in [7, 11) is -5.31. The standard InChI is InChI=1S/C21H22ClN3O4S.C13H13BNO6S.C8H10ClIN2/c1-13(2)24-20-10-17(18(22)11-23-20)15-9-19(21(26)29-4)25(12-15)30(27,28)16-7-5-14(3)6-8-16;1-9-3-5-11(6-4-9)22(18,19)15-8-10(21-14-17)7-12(15)13(16)20-2;1-5(2)12-8-3-7(10)6(9)4-11-8/h5-13H,1-4H3,(H,23,24);3-8,17H,1-2H3;3-5H,1-2H3,(H,11,12). The highest BCUT2D eigenvalue weighted by Gasteiger charge is 2.27. The summed E-state index contributed by atoms with van der Waals surface area (Å²) in [5.74, 6) is -0.179. The number of hydrogen-bond acceptors (Lipinski definition) is 14. The molecule has 16 nitrogen and oxygen atoms in total. The second-order valence-electron chi connectivity index (χ2n) is 14.2. The highest BCUT2D eigenvalue weighted by atomic mass is 127. The SMILES string of the molecule is CC(C)Nc1cc(I)c(Cl)cn1.COC(=O)c1cc(-c2cc(NC(C)C)ncc2Cl)cn1S(=O)(=O)c1ccc(C)cc1.COC(=O)c1cc(O[B]O)cn1S(=O)(=O)c1ccc(C)cc1. The molecule has 0 bridgehead atoms. The molecule has 0 fully saturated rings. The number of carbonyl (C=O) groups is 2. The number of methoxy groups -OCH3 is 2. The minimum atomic E-state index is -4.03. The first-order chi connectivity index (χ1) is 30.1. The molecule has 339 valence electrons. The minimum Gasteiger partial charge on any atom is -0.536 e. The minimum absolute atomic E-state index is 0.0124. The largest absolute Gasteiger partial charge is 0.569 e. The van der Waals surface area contributed by atoms with Gasteiger partial charge in [0.1, 0.15) is 28.8 Å². The molecule has 64 heavy (non-hydrogen) atoms. The van der Waals surface area contributed by atoms with Crippen molar-refractivity contribution in [1.82, 2.24) is 17.9 Å². The Balaban J connectivity index is 0.000000230. The summed E-state index contributed by atoms with van der Waals surface area (Å²) >= 11 is 14.3. The van der Waals surface area contributed by atoms with Crippen molar-refractivity contribution in [3.63, 3.8) is 0 Å². The van der Waals surface area contributed by atoms with E-state index in [2.05, 4.69) is 61.8 Å². The van der Waals surface area contributed by atoms with Crippen LogP contribution in [0, 0.1) is 17.4 Å². The fourth-order valence-corrected chi connectivity index (χ4v) is 8.94. The van der Waals surface area contributed by atoms with Gasteiger partial charge in [-0.15, -0.1) is 0 Å². The van der Waals surface area contributed by atoms with E-state index < -0.39 is 32.0 Å². The van der Waals surface area contributed by atoms with Crippen molar-refractivity contribution in [3.05, 3.63) is 134 Å². The summed E-state index contributed by atoms with van der Waals surface area (Å²) in [5.41, 5.74) is 2.45. The third-order valence-electron chi connectivity index (χ3n) is 8.53. The number of benzene rings is 2. The Bertz CT molecular complexity index is 2810. The summed E-state index contributed by atoms with van der Waals surface area (Å²) in [5, 5.41) is 16.0. The van der Waals surface area contributed by atoms with Gasteiger partial charge in [-0.05, 0) is 107 Å². The second-order valence-corrected chi connectivity index (χ2v) is 19.8. The van der Waals surface area contributed by atoms with Crippen molar-refractivity contribution in [1.29, 1.82) is 0 Å². The fraction of sp³-hybridized carbons (Fsp3) is 0.238. The molecule has 2 aromatic carbocycles. The third-order valence-corrected chi connectivity index (χ3v) is 13.7. The molecule has 0 saturated carbocycles. The van der Waals surface area contributed by atoms with Crippen LogP contribution >= 0.6 is 45.8 Å². The van der Waals surface area contributed by atoms with E-state index in [-0.39, 0.29) is 33.0 Å². The summed E-state index contributed by atoms with van der Waals surface area (Å²) < 4.78 is 68.5. The predicted molar refractivity (Wildman–Crippen MR) is 255 cm³/mol. The Kier molecular flexibility index (Phi) is 18.2. The van der Waals surface area contributed by atoms with Gasteiger partial charge in [-0.1, -0.05) is 58.6 Å². The van der Waals surface area contributed by atoms with Gasteiger partial charge in [-0.25, -0.2) is 44.3 Å². The number of pyridine rings is 2. The van der Waals surface area contributed by atoms with Crippen LogP contribution in [-0.2, 0) is 29.5 Å². The lowest BCUT2D eigenvalue weighted by Crippen LogP contribution is -2.18. The average molecular weight is 1070 g/mol. The van der Waals surface area contributed by atoms with Crippen molar-refractivity contribution in [2.24, 2.45) is 0 Å². The quantitative estimate of drug-likeness (QED) is 0.0565. The number of nitrogens with one attached hydrogen (secondary N) is 2. The number of carbonyl (C=O) groups excluding carboxylic acids is 2. The summed E-state index contributed by atoms with van der Waals surface area (Å²) in [6.07, 6.45) is 5.58. The van der Waals surface area contributed by atoms with Gasteiger partial charge in [0.2, 0.25) is 0 Å². The fourth-order valence-electron chi connectivity index (χ4n) is 5.51.